The molecule has 0 bridgehead atoms. The summed E-state index contributed by atoms with van der Waals surface area (Å²) in [6, 6.07) is 12.3. The fraction of sp³-hybridized carbons (Fsp3) is 0.250. The van der Waals surface area contributed by atoms with Gasteiger partial charge in [0.15, 0.2) is 0 Å². The van der Waals surface area contributed by atoms with Crippen LogP contribution in [0.5, 0.6) is 5.75 Å². The van der Waals surface area contributed by atoms with Gasteiger partial charge in [0.25, 0.3) is 0 Å². The third-order valence-electron chi connectivity index (χ3n) is 3.67. The van der Waals surface area contributed by atoms with Crippen molar-refractivity contribution in [3.63, 3.8) is 0 Å². The fourth-order valence-electron chi connectivity index (χ4n) is 2.47. The monoisotopic (exact) mass is 353 g/mol. The van der Waals surface area contributed by atoms with E-state index in [1.165, 1.54) is 28.6 Å². The first-order chi connectivity index (χ1) is 11.0. The summed E-state index contributed by atoms with van der Waals surface area (Å²) in [5.74, 6) is 0.994. The normalized spacial score (nSPS) is 19.0. The summed E-state index contributed by atoms with van der Waals surface area (Å²) in [5, 5.41) is -0.282. The molecule has 3 rings (SSSR count). The van der Waals surface area contributed by atoms with Crippen molar-refractivity contribution >= 4 is 21.8 Å². The van der Waals surface area contributed by atoms with E-state index in [1.807, 2.05) is 24.3 Å². The Morgan fingerprint density at radius 2 is 1.78 bits per heavy atom. The largest absolute Gasteiger partial charge is 0.497 e. The second kappa shape index (κ2) is 6.51. The topological polar surface area (TPSA) is 46.6 Å². The highest BCUT2D eigenvalue weighted by atomic mass is 32.2. The zero-order valence-electron chi connectivity index (χ0n) is 12.5. The number of ether oxygens (including phenoxy) is 1. The van der Waals surface area contributed by atoms with Crippen LogP contribution >= 0.6 is 11.8 Å². The summed E-state index contributed by atoms with van der Waals surface area (Å²) in [7, 11) is -2.07. The van der Waals surface area contributed by atoms with Crippen molar-refractivity contribution in [3.05, 3.63) is 59.9 Å². The second-order valence-corrected chi connectivity index (χ2v) is 8.14. The van der Waals surface area contributed by atoms with E-state index in [4.69, 9.17) is 4.74 Å². The molecule has 0 radical (unpaired) electrons. The third-order valence-corrected chi connectivity index (χ3v) is 6.94. The number of rotatable bonds is 4. The number of methoxy groups -OCH3 is 1. The first-order valence-corrected chi connectivity index (χ1v) is 9.54. The lowest BCUT2D eigenvalue weighted by atomic mass is 10.2. The summed E-state index contributed by atoms with van der Waals surface area (Å²) in [6.07, 6.45) is 0. The number of halogens is 1. The Morgan fingerprint density at radius 1 is 1.13 bits per heavy atom. The number of sulfonamides is 1. The van der Waals surface area contributed by atoms with Gasteiger partial charge in [0, 0.05) is 12.3 Å². The van der Waals surface area contributed by atoms with Crippen LogP contribution in [0.25, 0.3) is 0 Å². The molecule has 4 nitrogen and oxygen atoms in total. The highest BCUT2D eigenvalue weighted by Crippen LogP contribution is 2.41. The minimum Gasteiger partial charge on any atom is -0.497 e. The molecule has 0 spiro atoms. The Balaban J connectivity index is 1.92. The highest BCUT2D eigenvalue weighted by molar-refractivity contribution is 8.01. The number of benzene rings is 2. The lowest BCUT2D eigenvalue weighted by molar-refractivity contribution is 0.413. The molecule has 1 unspecified atom stereocenters. The predicted octanol–water partition coefficient (Wildman–Crippen LogP) is 3.27. The van der Waals surface area contributed by atoms with E-state index in [-0.39, 0.29) is 10.3 Å². The van der Waals surface area contributed by atoms with Gasteiger partial charge in [-0.2, -0.15) is 4.31 Å². The Hall–Kier alpha value is -1.57. The van der Waals surface area contributed by atoms with E-state index in [2.05, 4.69) is 0 Å². The lowest BCUT2D eigenvalue weighted by Crippen LogP contribution is -2.30. The first-order valence-electron chi connectivity index (χ1n) is 7.05. The van der Waals surface area contributed by atoms with Gasteiger partial charge >= 0.3 is 0 Å². The van der Waals surface area contributed by atoms with Gasteiger partial charge < -0.3 is 4.74 Å². The molecule has 0 aromatic heterocycles. The average molecular weight is 353 g/mol. The van der Waals surface area contributed by atoms with Crippen molar-refractivity contribution in [1.29, 1.82) is 0 Å². The maximum atomic E-state index is 13.0. The number of hydrogen-bond acceptors (Lipinski definition) is 4. The third kappa shape index (κ3) is 3.22. The molecule has 1 aliphatic rings. The molecular formula is C16H16FNO3S2. The van der Waals surface area contributed by atoms with Gasteiger partial charge in [-0.25, -0.2) is 12.8 Å². The number of hydrogen-bond donors (Lipinski definition) is 0. The molecule has 2 aromatic rings. The zero-order valence-corrected chi connectivity index (χ0v) is 14.1. The molecule has 1 saturated heterocycles. The van der Waals surface area contributed by atoms with E-state index in [9.17, 15) is 12.8 Å². The zero-order chi connectivity index (χ0) is 16.4. The highest BCUT2D eigenvalue weighted by Gasteiger charge is 2.36. The van der Waals surface area contributed by atoms with Crippen molar-refractivity contribution in [3.8, 4) is 5.75 Å². The Kier molecular flexibility index (Phi) is 4.61. The summed E-state index contributed by atoms with van der Waals surface area (Å²) in [4.78, 5) is 0.111. The number of nitrogens with zero attached hydrogens (tertiary/aromatic N) is 1. The predicted molar refractivity (Wildman–Crippen MR) is 88.5 cm³/mol. The molecule has 1 atom stereocenters. The van der Waals surface area contributed by atoms with E-state index in [0.717, 1.165) is 17.1 Å². The van der Waals surface area contributed by atoms with Crippen LogP contribution < -0.4 is 4.74 Å². The molecule has 0 amide bonds. The van der Waals surface area contributed by atoms with Gasteiger partial charge in [0.2, 0.25) is 10.0 Å². The minimum absolute atomic E-state index is 0.111. The standard InChI is InChI=1S/C16H16FNO3S2/c1-21-14-6-2-12(3-7-14)16-18(10-11-22-16)23(19,20)15-8-4-13(17)5-9-15/h2-9,16H,10-11H2,1H3. The van der Waals surface area contributed by atoms with Crippen molar-refractivity contribution in [2.75, 3.05) is 19.4 Å². The van der Waals surface area contributed by atoms with Gasteiger partial charge in [0.1, 0.15) is 11.6 Å². The summed E-state index contributed by atoms with van der Waals surface area (Å²) in [6.45, 7) is 0.432. The SMILES string of the molecule is COc1ccc(C2SCCN2S(=O)(=O)c2ccc(F)cc2)cc1. The molecule has 2 aromatic carbocycles. The molecule has 0 N–H and O–H groups in total. The molecular weight excluding hydrogens is 337 g/mol. The molecule has 1 fully saturated rings. The van der Waals surface area contributed by atoms with Crippen LogP contribution in [0.3, 0.4) is 0 Å². The minimum atomic E-state index is -3.65. The number of thioether (sulfide) groups is 1. The van der Waals surface area contributed by atoms with E-state index >= 15 is 0 Å². The fourth-order valence-corrected chi connectivity index (χ4v) is 5.71. The van der Waals surface area contributed by atoms with Crippen molar-refractivity contribution in [2.24, 2.45) is 0 Å². The first kappa shape index (κ1) is 16.3. The van der Waals surface area contributed by atoms with Crippen LogP contribution in [-0.2, 0) is 10.0 Å². The molecule has 7 heteroatoms. The molecule has 23 heavy (non-hydrogen) atoms. The van der Waals surface area contributed by atoms with Gasteiger partial charge in [0.05, 0.1) is 17.4 Å². The molecule has 1 aliphatic heterocycles. The molecule has 1 heterocycles. The molecule has 0 aliphatic carbocycles. The average Bonchev–Trinajstić information content (AvgIpc) is 3.06. The van der Waals surface area contributed by atoms with Gasteiger partial charge in [-0.3, -0.25) is 0 Å². The van der Waals surface area contributed by atoms with Gasteiger partial charge in [-0.1, -0.05) is 12.1 Å². The van der Waals surface area contributed by atoms with Crippen LogP contribution in [0.15, 0.2) is 53.4 Å². The van der Waals surface area contributed by atoms with Crippen molar-refractivity contribution in [1.82, 2.24) is 4.31 Å². The van der Waals surface area contributed by atoms with Crippen molar-refractivity contribution in [2.45, 2.75) is 10.3 Å². The van der Waals surface area contributed by atoms with E-state index in [1.54, 1.807) is 18.9 Å². The lowest BCUT2D eigenvalue weighted by Gasteiger charge is -2.23. The molecule has 0 saturated carbocycles. The van der Waals surface area contributed by atoms with Gasteiger partial charge in [-0.15, -0.1) is 11.8 Å². The van der Waals surface area contributed by atoms with Crippen LogP contribution in [0.1, 0.15) is 10.9 Å². The van der Waals surface area contributed by atoms with Gasteiger partial charge in [-0.05, 0) is 42.0 Å². The Labute approximate surface area is 139 Å². The maximum Gasteiger partial charge on any atom is 0.244 e. The summed E-state index contributed by atoms with van der Waals surface area (Å²) in [5.41, 5.74) is 0.902. The van der Waals surface area contributed by atoms with Crippen LogP contribution in [0, 0.1) is 5.82 Å². The maximum absolute atomic E-state index is 13.0. The van der Waals surface area contributed by atoms with E-state index in [0.29, 0.717) is 6.54 Å². The smallest absolute Gasteiger partial charge is 0.244 e. The summed E-state index contributed by atoms with van der Waals surface area (Å²) < 4.78 is 45.3. The molecule has 122 valence electrons. The second-order valence-electron chi connectivity index (χ2n) is 5.07. The summed E-state index contributed by atoms with van der Waals surface area (Å²) >= 11 is 1.57. The van der Waals surface area contributed by atoms with Crippen LogP contribution in [-0.4, -0.2) is 32.1 Å². The Morgan fingerprint density at radius 3 is 2.39 bits per heavy atom. The van der Waals surface area contributed by atoms with Crippen molar-refractivity contribution < 1.29 is 17.5 Å². The van der Waals surface area contributed by atoms with Crippen LogP contribution in [0.4, 0.5) is 4.39 Å². The van der Waals surface area contributed by atoms with Crippen LogP contribution in [0.2, 0.25) is 0 Å². The Bertz CT molecular complexity index is 776. The quantitative estimate of drug-likeness (QED) is 0.846. The van der Waals surface area contributed by atoms with E-state index < -0.39 is 15.8 Å².